The van der Waals surface area contributed by atoms with Crippen molar-refractivity contribution in [3.05, 3.63) is 16.1 Å². The Hall–Kier alpha value is -0.670. The molecule has 1 aromatic rings. The van der Waals surface area contributed by atoms with Crippen molar-refractivity contribution in [3.63, 3.8) is 0 Å². The van der Waals surface area contributed by atoms with Crippen LogP contribution in [0.3, 0.4) is 0 Å². The van der Waals surface area contributed by atoms with Crippen LogP contribution in [-0.4, -0.2) is 25.1 Å². The summed E-state index contributed by atoms with van der Waals surface area (Å²) < 4.78 is 0. The number of aromatic nitrogens is 1. The molecule has 0 bridgehead atoms. The Bertz CT molecular complexity index is 502. The zero-order valence-corrected chi connectivity index (χ0v) is 14.1. The fourth-order valence-corrected chi connectivity index (χ4v) is 4.42. The van der Waals surface area contributed by atoms with Crippen molar-refractivity contribution in [1.82, 2.24) is 4.98 Å². The van der Waals surface area contributed by atoms with Crippen molar-refractivity contribution in [2.24, 2.45) is 5.41 Å². The predicted molar refractivity (Wildman–Crippen MR) is 90.8 cm³/mol. The lowest BCUT2D eigenvalue weighted by Crippen LogP contribution is -2.41. The predicted octanol–water partition coefficient (Wildman–Crippen LogP) is 4.98. The molecule has 1 spiro atoms. The van der Waals surface area contributed by atoms with Gasteiger partial charge < -0.3 is 10.2 Å². The van der Waals surface area contributed by atoms with Gasteiger partial charge in [0.25, 0.3) is 0 Å². The quantitative estimate of drug-likeness (QED) is 0.830. The van der Waals surface area contributed by atoms with Gasteiger partial charge in [-0.05, 0) is 37.2 Å². The molecule has 1 saturated carbocycles. The maximum absolute atomic E-state index is 6.35. The number of anilines is 2. The van der Waals surface area contributed by atoms with Gasteiger partial charge in [-0.15, -0.1) is 0 Å². The van der Waals surface area contributed by atoms with Crippen LogP contribution < -0.4 is 10.2 Å². The fourth-order valence-electron chi connectivity index (χ4n) is 3.85. The second kappa shape index (κ2) is 6.21. The first-order valence-corrected chi connectivity index (χ1v) is 8.68. The van der Waals surface area contributed by atoms with E-state index in [1.165, 1.54) is 44.9 Å². The van der Waals surface area contributed by atoms with Crippen molar-refractivity contribution >= 4 is 34.8 Å². The Labute approximate surface area is 137 Å². The number of hydrogen-bond donors (Lipinski definition) is 1. The van der Waals surface area contributed by atoms with Crippen LogP contribution in [0.1, 0.15) is 44.9 Å². The van der Waals surface area contributed by atoms with Crippen molar-refractivity contribution in [2.75, 3.05) is 30.4 Å². The summed E-state index contributed by atoms with van der Waals surface area (Å²) in [5.41, 5.74) is 0.597. The summed E-state index contributed by atoms with van der Waals surface area (Å²) in [4.78, 5) is 6.92. The molecular formula is C16H23Cl2N3. The van der Waals surface area contributed by atoms with Crippen LogP contribution in [0.15, 0.2) is 6.07 Å². The van der Waals surface area contributed by atoms with Crippen molar-refractivity contribution in [1.29, 1.82) is 0 Å². The number of piperidine rings is 1. The SMILES string of the molecule is CNc1nc(N2CCC3(CCCCC3)CC2)c(Cl)cc1Cl. The van der Waals surface area contributed by atoms with Gasteiger partial charge in [0.2, 0.25) is 0 Å². The van der Waals surface area contributed by atoms with E-state index < -0.39 is 0 Å². The third-order valence-electron chi connectivity index (χ3n) is 5.19. The normalized spacial score (nSPS) is 21.6. The molecule has 0 atom stereocenters. The first-order valence-electron chi connectivity index (χ1n) is 7.92. The number of pyridine rings is 1. The Morgan fingerprint density at radius 3 is 2.33 bits per heavy atom. The summed E-state index contributed by atoms with van der Waals surface area (Å²) in [5, 5.41) is 4.26. The topological polar surface area (TPSA) is 28.2 Å². The van der Waals surface area contributed by atoms with Crippen LogP contribution in [0.4, 0.5) is 11.6 Å². The lowest BCUT2D eigenvalue weighted by atomic mass is 9.68. The molecule has 1 N–H and O–H groups in total. The third-order valence-corrected chi connectivity index (χ3v) is 5.75. The Morgan fingerprint density at radius 2 is 1.71 bits per heavy atom. The lowest BCUT2D eigenvalue weighted by molar-refractivity contribution is 0.144. The summed E-state index contributed by atoms with van der Waals surface area (Å²) in [6.07, 6.45) is 9.58. The number of halogens is 2. The molecule has 2 fully saturated rings. The van der Waals surface area contributed by atoms with E-state index in [-0.39, 0.29) is 0 Å². The molecule has 2 aliphatic rings. The number of rotatable bonds is 2. The molecule has 0 amide bonds. The molecule has 3 nitrogen and oxygen atoms in total. The van der Waals surface area contributed by atoms with E-state index in [1.54, 1.807) is 6.07 Å². The zero-order chi connectivity index (χ0) is 14.9. The molecule has 0 unspecified atom stereocenters. The summed E-state index contributed by atoms with van der Waals surface area (Å²) >= 11 is 12.5. The minimum Gasteiger partial charge on any atom is -0.372 e. The molecule has 5 heteroatoms. The van der Waals surface area contributed by atoms with Crippen molar-refractivity contribution in [2.45, 2.75) is 44.9 Å². The van der Waals surface area contributed by atoms with E-state index in [1.807, 2.05) is 7.05 Å². The molecule has 21 heavy (non-hydrogen) atoms. The van der Waals surface area contributed by atoms with Gasteiger partial charge in [-0.3, -0.25) is 0 Å². The summed E-state index contributed by atoms with van der Waals surface area (Å²) in [7, 11) is 1.83. The van der Waals surface area contributed by atoms with Crippen molar-refractivity contribution in [3.8, 4) is 0 Å². The van der Waals surface area contributed by atoms with Gasteiger partial charge in [-0.25, -0.2) is 4.98 Å². The first-order chi connectivity index (χ1) is 10.1. The molecule has 0 radical (unpaired) electrons. The molecule has 0 aromatic carbocycles. The summed E-state index contributed by atoms with van der Waals surface area (Å²) in [6, 6.07) is 1.79. The van der Waals surface area contributed by atoms with Gasteiger partial charge in [0.1, 0.15) is 11.6 Å². The third kappa shape index (κ3) is 3.09. The van der Waals surface area contributed by atoms with Crippen LogP contribution in [-0.2, 0) is 0 Å². The fraction of sp³-hybridized carbons (Fsp3) is 0.688. The van der Waals surface area contributed by atoms with Crippen LogP contribution in [0.25, 0.3) is 0 Å². The van der Waals surface area contributed by atoms with Crippen LogP contribution in [0.5, 0.6) is 0 Å². The number of hydrogen-bond acceptors (Lipinski definition) is 3. The van der Waals surface area contributed by atoms with Crippen LogP contribution in [0, 0.1) is 5.41 Å². The Morgan fingerprint density at radius 1 is 1.05 bits per heavy atom. The molecular weight excluding hydrogens is 305 g/mol. The van der Waals surface area contributed by atoms with E-state index >= 15 is 0 Å². The largest absolute Gasteiger partial charge is 0.372 e. The van der Waals surface area contributed by atoms with Gasteiger partial charge >= 0.3 is 0 Å². The van der Waals surface area contributed by atoms with E-state index in [9.17, 15) is 0 Å². The van der Waals surface area contributed by atoms with Gasteiger partial charge in [-0.2, -0.15) is 0 Å². The van der Waals surface area contributed by atoms with E-state index in [2.05, 4.69) is 15.2 Å². The molecule has 2 heterocycles. The highest BCUT2D eigenvalue weighted by Crippen LogP contribution is 2.45. The highest BCUT2D eigenvalue weighted by Gasteiger charge is 2.36. The smallest absolute Gasteiger partial charge is 0.149 e. The maximum atomic E-state index is 6.35. The standard InChI is InChI=1S/C16H23Cl2N3/c1-19-14-12(17)11-13(18)15(20-14)21-9-7-16(8-10-21)5-3-2-4-6-16/h11H,2-10H2,1H3,(H,19,20). The van der Waals surface area contributed by atoms with Gasteiger partial charge in [0, 0.05) is 20.1 Å². The summed E-state index contributed by atoms with van der Waals surface area (Å²) in [6.45, 7) is 2.11. The first kappa shape index (κ1) is 15.2. The molecule has 1 saturated heterocycles. The second-order valence-corrected chi connectivity index (χ2v) is 7.24. The monoisotopic (exact) mass is 327 g/mol. The maximum Gasteiger partial charge on any atom is 0.149 e. The number of nitrogens with zero attached hydrogens (tertiary/aromatic N) is 2. The average molecular weight is 328 g/mol. The highest BCUT2D eigenvalue weighted by molar-refractivity contribution is 6.37. The average Bonchev–Trinajstić information content (AvgIpc) is 2.50. The summed E-state index contributed by atoms with van der Waals surface area (Å²) in [5.74, 6) is 1.57. The Kier molecular flexibility index (Phi) is 4.51. The Balaban J connectivity index is 1.74. The number of nitrogens with one attached hydrogen (secondary N) is 1. The van der Waals surface area contributed by atoms with Gasteiger partial charge in [-0.1, -0.05) is 42.5 Å². The second-order valence-electron chi connectivity index (χ2n) is 6.42. The van der Waals surface area contributed by atoms with E-state index in [0.717, 1.165) is 18.9 Å². The molecule has 3 rings (SSSR count). The van der Waals surface area contributed by atoms with Gasteiger partial charge in [0.05, 0.1) is 10.0 Å². The van der Waals surface area contributed by atoms with Gasteiger partial charge in [0.15, 0.2) is 0 Å². The van der Waals surface area contributed by atoms with E-state index in [4.69, 9.17) is 23.2 Å². The minimum absolute atomic E-state index is 0.576. The molecule has 1 aromatic heterocycles. The van der Waals surface area contributed by atoms with Crippen LogP contribution in [0.2, 0.25) is 10.0 Å². The van der Waals surface area contributed by atoms with E-state index in [0.29, 0.717) is 21.3 Å². The minimum atomic E-state index is 0.576. The zero-order valence-electron chi connectivity index (χ0n) is 12.6. The lowest BCUT2D eigenvalue weighted by Gasteiger charge is -2.44. The highest BCUT2D eigenvalue weighted by atomic mass is 35.5. The molecule has 1 aliphatic heterocycles. The van der Waals surface area contributed by atoms with Crippen LogP contribution >= 0.6 is 23.2 Å². The molecule has 116 valence electrons. The van der Waals surface area contributed by atoms with Crippen molar-refractivity contribution < 1.29 is 0 Å². The molecule has 1 aliphatic carbocycles.